The lowest BCUT2D eigenvalue weighted by Crippen LogP contribution is -2.24. The molecule has 3 nitrogen and oxygen atoms in total. The van der Waals surface area contributed by atoms with Gasteiger partial charge in [-0.1, -0.05) is 85.6 Å². The minimum absolute atomic E-state index is 0.207. The summed E-state index contributed by atoms with van der Waals surface area (Å²) in [7, 11) is 0. The van der Waals surface area contributed by atoms with Crippen LogP contribution in [0.25, 0.3) is 21.5 Å². The molecule has 2 aliphatic rings. The molecule has 42 heavy (non-hydrogen) atoms. The van der Waals surface area contributed by atoms with Crippen LogP contribution in [0, 0.1) is 27.7 Å². The van der Waals surface area contributed by atoms with Crippen molar-refractivity contribution in [2.45, 2.75) is 47.0 Å². The monoisotopic (exact) mass is 547 g/mol. The van der Waals surface area contributed by atoms with Crippen LogP contribution < -0.4 is 4.90 Å². The molecule has 0 unspecified atom stereocenters. The fourth-order valence-electron chi connectivity index (χ4n) is 7.19. The number of aryl methyl sites for hydroxylation is 4. The highest BCUT2D eigenvalue weighted by Gasteiger charge is 2.43. The van der Waals surface area contributed by atoms with Crippen molar-refractivity contribution in [2.24, 2.45) is 0 Å². The van der Waals surface area contributed by atoms with Gasteiger partial charge in [-0.15, -0.1) is 0 Å². The van der Waals surface area contributed by atoms with Crippen LogP contribution in [0.3, 0.4) is 0 Å². The number of benzene rings is 5. The highest BCUT2D eigenvalue weighted by molar-refractivity contribution is 6.40. The molecule has 0 amide bonds. The zero-order valence-electron chi connectivity index (χ0n) is 24.9. The molecule has 0 saturated heterocycles. The van der Waals surface area contributed by atoms with Crippen LogP contribution in [0.1, 0.15) is 62.4 Å². The second kappa shape index (κ2) is 9.12. The Kier molecular flexibility index (Phi) is 5.68. The maximum Gasteiger partial charge on any atom is 0.197 e. The first-order valence-electron chi connectivity index (χ1n) is 14.5. The van der Waals surface area contributed by atoms with Crippen LogP contribution in [0.4, 0.5) is 11.4 Å². The molecular formula is C39H33NO2. The Labute approximate surface area is 246 Å². The molecule has 0 fully saturated rings. The predicted molar refractivity (Wildman–Crippen MR) is 173 cm³/mol. The minimum atomic E-state index is -0.392. The molecule has 0 atom stereocenters. The van der Waals surface area contributed by atoms with Crippen molar-refractivity contribution in [3.63, 3.8) is 0 Å². The lowest BCUT2D eigenvalue weighted by atomic mass is 9.80. The lowest BCUT2D eigenvalue weighted by molar-refractivity contribution is 0.0988. The Morgan fingerprint density at radius 2 is 1.26 bits per heavy atom. The average molecular weight is 548 g/mol. The van der Waals surface area contributed by atoms with E-state index in [-0.39, 0.29) is 17.1 Å². The van der Waals surface area contributed by atoms with E-state index in [0.29, 0.717) is 11.1 Å². The van der Waals surface area contributed by atoms with Gasteiger partial charge in [0, 0.05) is 22.2 Å². The topological polar surface area (TPSA) is 37.4 Å². The van der Waals surface area contributed by atoms with Gasteiger partial charge in [-0.3, -0.25) is 9.59 Å². The molecule has 0 bridgehead atoms. The molecule has 5 aromatic carbocycles. The highest BCUT2D eigenvalue weighted by atomic mass is 16.2. The molecule has 1 heterocycles. The van der Waals surface area contributed by atoms with Crippen molar-refractivity contribution in [1.29, 1.82) is 0 Å². The van der Waals surface area contributed by atoms with Crippen molar-refractivity contribution in [3.05, 3.63) is 141 Å². The Hall–Kier alpha value is -4.76. The van der Waals surface area contributed by atoms with Crippen molar-refractivity contribution >= 4 is 44.5 Å². The van der Waals surface area contributed by atoms with Gasteiger partial charge in [0.25, 0.3) is 0 Å². The van der Waals surface area contributed by atoms with E-state index in [2.05, 4.69) is 88.9 Å². The molecule has 1 aliphatic carbocycles. The molecule has 206 valence electrons. The molecule has 1 aliphatic heterocycles. The third kappa shape index (κ3) is 3.73. The Bertz CT molecular complexity index is 2010. The van der Waals surface area contributed by atoms with Gasteiger partial charge in [0.1, 0.15) is 0 Å². The van der Waals surface area contributed by atoms with E-state index < -0.39 is 5.41 Å². The van der Waals surface area contributed by atoms with Gasteiger partial charge in [-0.25, -0.2) is 0 Å². The SMILES string of the molecule is Cc1cc(C)c(N2/C(=C/C=C3C(=O)c4cc5ccccc5cc4C3=O)C(C)(C)c3c2ccc2cc(C)ccc32)c(C)c1. The largest absolute Gasteiger partial charge is 0.312 e. The van der Waals surface area contributed by atoms with Crippen LogP contribution in [-0.2, 0) is 5.41 Å². The fraction of sp³-hybridized carbons (Fsp3) is 0.179. The van der Waals surface area contributed by atoms with Gasteiger partial charge in [0.05, 0.1) is 16.9 Å². The number of anilines is 2. The zero-order valence-corrected chi connectivity index (χ0v) is 24.9. The zero-order chi connectivity index (χ0) is 29.5. The Balaban J connectivity index is 1.45. The molecule has 0 N–H and O–H groups in total. The maximum atomic E-state index is 13.6. The van der Waals surface area contributed by atoms with Gasteiger partial charge >= 0.3 is 0 Å². The number of allylic oxidation sites excluding steroid dienone is 4. The summed E-state index contributed by atoms with van der Waals surface area (Å²) in [6, 6.07) is 27.1. The number of carbonyl (C=O) groups is 2. The molecule has 0 spiro atoms. The van der Waals surface area contributed by atoms with Crippen LogP contribution >= 0.6 is 0 Å². The summed E-state index contributed by atoms with van der Waals surface area (Å²) >= 11 is 0. The van der Waals surface area contributed by atoms with E-state index in [1.807, 2.05) is 42.5 Å². The first-order valence-corrected chi connectivity index (χ1v) is 14.5. The number of hydrogen-bond acceptors (Lipinski definition) is 3. The number of ketones is 2. The average Bonchev–Trinajstić information content (AvgIpc) is 3.31. The Morgan fingerprint density at radius 1 is 0.643 bits per heavy atom. The third-order valence-electron chi connectivity index (χ3n) is 9.03. The van der Waals surface area contributed by atoms with Gasteiger partial charge in [0.15, 0.2) is 11.6 Å². The van der Waals surface area contributed by atoms with E-state index in [1.165, 1.54) is 38.6 Å². The van der Waals surface area contributed by atoms with E-state index >= 15 is 0 Å². The summed E-state index contributed by atoms with van der Waals surface area (Å²) in [6.07, 6.45) is 3.77. The van der Waals surface area contributed by atoms with E-state index in [4.69, 9.17) is 0 Å². The first-order chi connectivity index (χ1) is 20.1. The molecule has 0 saturated carbocycles. The molecule has 0 radical (unpaired) electrons. The number of hydrogen-bond donors (Lipinski definition) is 0. The summed E-state index contributed by atoms with van der Waals surface area (Å²) in [5, 5.41) is 4.35. The second-order valence-electron chi connectivity index (χ2n) is 12.4. The normalized spacial score (nSPS) is 16.6. The van der Waals surface area contributed by atoms with Gasteiger partial charge in [0.2, 0.25) is 0 Å². The first kappa shape index (κ1) is 26.2. The van der Waals surface area contributed by atoms with Crippen LogP contribution in [0.5, 0.6) is 0 Å². The van der Waals surface area contributed by atoms with Crippen molar-refractivity contribution in [3.8, 4) is 0 Å². The number of Topliss-reactive ketones (excluding diaryl/α,β-unsaturated/α-hetero) is 2. The smallest absolute Gasteiger partial charge is 0.197 e. The number of carbonyl (C=O) groups excluding carboxylic acids is 2. The fourth-order valence-corrected chi connectivity index (χ4v) is 7.19. The quantitative estimate of drug-likeness (QED) is 0.163. The predicted octanol–water partition coefficient (Wildman–Crippen LogP) is 9.55. The standard InChI is InChI=1S/C39H33NO2/c1-22-11-13-29-28(19-22)12-15-33-35(29)39(5,6)34(40(33)36-24(3)17-23(2)18-25(36)4)16-14-30-37(41)31-20-26-9-7-8-10-27(26)21-32(31)38(30)42/h7-21H,1-6H3/b34-16+. The molecule has 7 rings (SSSR count). The van der Waals surface area contributed by atoms with Crippen molar-refractivity contribution in [2.75, 3.05) is 4.90 Å². The summed E-state index contributed by atoms with van der Waals surface area (Å²) < 4.78 is 0. The minimum Gasteiger partial charge on any atom is -0.312 e. The maximum absolute atomic E-state index is 13.6. The van der Waals surface area contributed by atoms with Gasteiger partial charge < -0.3 is 4.90 Å². The summed E-state index contributed by atoms with van der Waals surface area (Å²) in [5.74, 6) is -0.415. The summed E-state index contributed by atoms with van der Waals surface area (Å²) in [5.41, 5.74) is 10.2. The van der Waals surface area contributed by atoms with Crippen molar-refractivity contribution < 1.29 is 9.59 Å². The van der Waals surface area contributed by atoms with Crippen LogP contribution in [0.2, 0.25) is 0 Å². The molecule has 3 heteroatoms. The Morgan fingerprint density at radius 3 is 1.88 bits per heavy atom. The van der Waals surface area contributed by atoms with E-state index in [0.717, 1.165) is 27.8 Å². The molecule has 5 aromatic rings. The molecular weight excluding hydrogens is 514 g/mol. The van der Waals surface area contributed by atoms with Crippen LogP contribution in [-0.4, -0.2) is 11.6 Å². The molecule has 0 aromatic heterocycles. The van der Waals surface area contributed by atoms with Crippen LogP contribution in [0.15, 0.2) is 102 Å². The number of fused-ring (bicyclic) bond motifs is 5. The van der Waals surface area contributed by atoms with Crippen molar-refractivity contribution in [1.82, 2.24) is 0 Å². The number of rotatable bonds is 2. The summed E-state index contributed by atoms with van der Waals surface area (Å²) in [6.45, 7) is 13.1. The van der Waals surface area contributed by atoms with Gasteiger partial charge in [-0.2, -0.15) is 0 Å². The second-order valence-corrected chi connectivity index (χ2v) is 12.4. The van der Waals surface area contributed by atoms with E-state index in [1.54, 1.807) is 6.08 Å². The number of nitrogens with zero attached hydrogens (tertiary/aromatic N) is 1. The van der Waals surface area contributed by atoms with Gasteiger partial charge in [-0.05, 0) is 96.3 Å². The highest BCUT2D eigenvalue weighted by Crippen LogP contribution is 2.55. The lowest BCUT2D eigenvalue weighted by Gasteiger charge is -2.30. The third-order valence-corrected chi connectivity index (χ3v) is 9.03. The van der Waals surface area contributed by atoms with E-state index in [9.17, 15) is 9.59 Å². The summed E-state index contributed by atoms with van der Waals surface area (Å²) in [4.78, 5) is 29.6.